The second kappa shape index (κ2) is 7.49. The van der Waals surface area contributed by atoms with Crippen molar-refractivity contribution in [2.75, 3.05) is 20.6 Å². The van der Waals surface area contributed by atoms with Crippen LogP contribution in [0.25, 0.3) is 0 Å². The van der Waals surface area contributed by atoms with Gasteiger partial charge in [0.15, 0.2) is 0 Å². The second-order valence-corrected chi connectivity index (χ2v) is 7.13. The average molecular weight is 371 g/mol. The second-order valence-electron chi connectivity index (χ2n) is 5.30. The highest BCUT2D eigenvalue weighted by Gasteiger charge is 2.16. The van der Waals surface area contributed by atoms with Gasteiger partial charge in [0, 0.05) is 17.5 Å². The molecular weight excluding hydrogens is 351 g/mol. The summed E-state index contributed by atoms with van der Waals surface area (Å²) < 4.78 is 13.8. The van der Waals surface area contributed by atoms with E-state index in [4.69, 9.17) is 0 Å². The number of likely N-dealkylation sites (N-methyl/N-ethyl adjacent to an activating group) is 1. The van der Waals surface area contributed by atoms with E-state index in [1.165, 1.54) is 10.9 Å². The summed E-state index contributed by atoms with van der Waals surface area (Å²) in [4.78, 5) is 3.56. The van der Waals surface area contributed by atoms with Crippen molar-refractivity contribution in [3.8, 4) is 0 Å². The zero-order valence-corrected chi connectivity index (χ0v) is 14.8. The number of benzene rings is 1. The maximum atomic E-state index is 13.3. The van der Waals surface area contributed by atoms with Gasteiger partial charge in [-0.25, -0.2) is 4.39 Å². The molecule has 1 aromatic heterocycles. The molecule has 2 nitrogen and oxygen atoms in total. The Hall–Kier alpha value is -0.750. The van der Waals surface area contributed by atoms with Crippen LogP contribution in [0.15, 0.2) is 40.2 Å². The Morgan fingerprint density at radius 2 is 2.10 bits per heavy atom. The van der Waals surface area contributed by atoms with Crippen LogP contribution < -0.4 is 5.32 Å². The number of hydrogen-bond acceptors (Lipinski definition) is 3. The minimum atomic E-state index is -0.226. The van der Waals surface area contributed by atoms with Crippen LogP contribution in [0.4, 0.5) is 4.39 Å². The smallest absolute Gasteiger partial charge is 0.137 e. The predicted molar refractivity (Wildman–Crippen MR) is 91.3 cm³/mol. The number of hydrogen-bond donors (Lipinski definition) is 1. The first kappa shape index (κ1) is 16.6. The van der Waals surface area contributed by atoms with Gasteiger partial charge >= 0.3 is 0 Å². The highest BCUT2D eigenvalue weighted by molar-refractivity contribution is 9.10. The van der Waals surface area contributed by atoms with Crippen LogP contribution in [0.2, 0.25) is 0 Å². The minimum Gasteiger partial charge on any atom is -0.308 e. The van der Waals surface area contributed by atoms with E-state index in [0.717, 1.165) is 12.1 Å². The summed E-state index contributed by atoms with van der Waals surface area (Å²) in [6.07, 6.45) is 0. The number of halogens is 2. The van der Waals surface area contributed by atoms with Crippen LogP contribution in [-0.2, 0) is 0 Å². The van der Waals surface area contributed by atoms with Crippen molar-refractivity contribution >= 4 is 27.3 Å². The Bertz CT molecular complexity index is 572. The fourth-order valence-electron chi connectivity index (χ4n) is 2.21. The molecule has 114 valence electrons. The molecule has 5 heteroatoms. The van der Waals surface area contributed by atoms with Crippen molar-refractivity contribution in [2.45, 2.75) is 19.0 Å². The first-order chi connectivity index (χ1) is 9.99. The zero-order chi connectivity index (χ0) is 15.4. The first-order valence-electron chi connectivity index (χ1n) is 6.87. The molecule has 0 amide bonds. The summed E-state index contributed by atoms with van der Waals surface area (Å²) in [5, 5.41) is 5.64. The number of nitrogens with one attached hydrogen (secondary N) is 1. The third kappa shape index (κ3) is 4.36. The summed E-state index contributed by atoms with van der Waals surface area (Å²) in [6.45, 7) is 2.95. The molecule has 0 radical (unpaired) electrons. The first-order valence-corrected chi connectivity index (χ1v) is 8.54. The lowest BCUT2D eigenvalue weighted by atomic mass is 10.1. The maximum absolute atomic E-state index is 13.3. The zero-order valence-electron chi connectivity index (χ0n) is 12.4. The fourth-order valence-corrected chi connectivity index (χ4v) is 3.53. The number of rotatable bonds is 6. The van der Waals surface area contributed by atoms with Gasteiger partial charge in [0.05, 0.1) is 10.5 Å². The van der Waals surface area contributed by atoms with E-state index in [0.29, 0.717) is 10.5 Å². The van der Waals surface area contributed by atoms with Crippen molar-refractivity contribution in [1.82, 2.24) is 10.2 Å². The quantitative estimate of drug-likeness (QED) is 0.798. The van der Waals surface area contributed by atoms with Gasteiger partial charge in [-0.2, -0.15) is 0 Å². The van der Waals surface area contributed by atoms with Gasteiger partial charge in [0.1, 0.15) is 5.82 Å². The minimum absolute atomic E-state index is 0.171. The third-order valence-corrected chi connectivity index (χ3v) is 5.14. The monoisotopic (exact) mass is 370 g/mol. The van der Waals surface area contributed by atoms with Gasteiger partial charge in [-0.1, -0.05) is 12.1 Å². The topological polar surface area (TPSA) is 15.3 Å². The van der Waals surface area contributed by atoms with Crippen LogP contribution in [0, 0.1) is 5.82 Å². The molecule has 0 aliphatic heterocycles. The van der Waals surface area contributed by atoms with E-state index in [1.807, 2.05) is 12.1 Å². The van der Waals surface area contributed by atoms with E-state index < -0.39 is 0 Å². The largest absolute Gasteiger partial charge is 0.308 e. The van der Waals surface area contributed by atoms with E-state index in [1.54, 1.807) is 11.3 Å². The molecule has 1 N–H and O–H groups in total. The van der Waals surface area contributed by atoms with Gasteiger partial charge in [-0.15, -0.1) is 11.3 Å². The third-order valence-electron chi connectivity index (χ3n) is 3.56. The Kier molecular flexibility index (Phi) is 5.93. The van der Waals surface area contributed by atoms with E-state index in [-0.39, 0.29) is 11.9 Å². The van der Waals surface area contributed by atoms with Crippen LogP contribution in [-0.4, -0.2) is 25.5 Å². The predicted octanol–water partition coefficient (Wildman–Crippen LogP) is 4.60. The van der Waals surface area contributed by atoms with Gasteiger partial charge in [0.25, 0.3) is 0 Å². The van der Waals surface area contributed by atoms with Crippen LogP contribution in [0.5, 0.6) is 0 Å². The van der Waals surface area contributed by atoms with Gasteiger partial charge in [-0.05, 0) is 66.1 Å². The Morgan fingerprint density at radius 1 is 1.33 bits per heavy atom. The van der Waals surface area contributed by atoms with E-state index in [9.17, 15) is 4.39 Å². The molecule has 0 aliphatic rings. The number of thiophene rings is 1. The molecule has 0 fully saturated rings. The summed E-state index contributed by atoms with van der Waals surface area (Å²) in [7, 11) is 4.18. The maximum Gasteiger partial charge on any atom is 0.137 e. The van der Waals surface area contributed by atoms with E-state index in [2.05, 4.69) is 64.7 Å². The fraction of sp³-hybridized carbons (Fsp3) is 0.375. The lowest BCUT2D eigenvalue weighted by Crippen LogP contribution is -2.32. The van der Waals surface area contributed by atoms with E-state index >= 15 is 0 Å². The van der Waals surface area contributed by atoms with Crippen molar-refractivity contribution < 1.29 is 4.39 Å². The highest BCUT2D eigenvalue weighted by atomic mass is 79.9. The molecule has 0 aliphatic carbocycles. The van der Waals surface area contributed by atoms with Gasteiger partial charge in [0.2, 0.25) is 0 Å². The summed E-state index contributed by atoms with van der Waals surface area (Å²) in [5.41, 5.74) is 1.08. The van der Waals surface area contributed by atoms with Crippen molar-refractivity contribution in [3.63, 3.8) is 0 Å². The lowest BCUT2D eigenvalue weighted by Gasteiger charge is -2.26. The van der Waals surface area contributed by atoms with Crippen molar-refractivity contribution in [3.05, 3.63) is 56.4 Å². The van der Waals surface area contributed by atoms with Crippen molar-refractivity contribution in [2.24, 2.45) is 0 Å². The Morgan fingerprint density at radius 3 is 2.67 bits per heavy atom. The molecule has 2 aromatic rings. The summed E-state index contributed by atoms with van der Waals surface area (Å²) >= 11 is 5.01. The molecule has 2 atom stereocenters. The molecule has 0 bridgehead atoms. The molecule has 2 unspecified atom stereocenters. The number of nitrogens with zero attached hydrogens (tertiary/aromatic N) is 1. The Balaban J connectivity index is 2.01. The molecule has 0 saturated carbocycles. The molecule has 0 spiro atoms. The van der Waals surface area contributed by atoms with Gasteiger partial charge < -0.3 is 10.2 Å². The molecule has 1 heterocycles. The SMILES string of the molecule is CC(NCC(c1cccs1)N(C)C)c1ccc(F)c(Br)c1. The van der Waals surface area contributed by atoms with Crippen LogP contribution in [0.1, 0.15) is 29.4 Å². The molecule has 0 saturated heterocycles. The molecule has 1 aromatic carbocycles. The molecule has 2 rings (SSSR count). The normalized spacial score (nSPS) is 14.4. The van der Waals surface area contributed by atoms with Crippen LogP contribution in [0.3, 0.4) is 0 Å². The lowest BCUT2D eigenvalue weighted by molar-refractivity contribution is 0.285. The highest BCUT2D eigenvalue weighted by Crippen LogP contribution is 2.25. The Labute approximate surface area is 138 Å². The average Bonchev–Trinajstić information content (AvgIpc) is 2.95. The summed E-state index contributed by atoms with van der Waals surface area (Å²) in [6, 6.07) is 9.92. The molecule has 21 heavy (non-hydrogen) atoms. The van der Waals surface area contributed by atoms with Gasteiger partial charge in [-0.3, -0.25) is 0 Å². The van der Waals surface area contributed by atoms with Crippen molar-refractivity contribution in [1.29, 1.82) is 0 Å². The van der Waals surface area contributed by atoms with Crippen LogP contribution >= 0.6 is 27.3 Å². The standard InChI is InChI=1S/C16H20BrFN2S/c1-11(12-6-7-14(18)13(17)9-12)19-10-15(20(2)3)16-5-4-8-21-16/h4-9,11,15,19H,10H2,1-3H3. The molecular formula is C16H20BrFN2S. The summed E-state index contributed by atoms with van der Waals surface area (Å²) in [5.74, 6) is -0.226.